The van der Waals surface area contributed by atoms with E-state index in [1.54, 1.807) is 18.2 Å². The molecule has 0 bridgehead atoms. The van der Waals surface area contributed by atoms with Gasteiger partial charge in [-0.3, -0.25) is 9.69 Å². The fraction of sp³-hybridized carbons (Fsp3) is 0.533. The lowest BCUT2D eigenvalue weighted by molar-refractivity contribution is -0.153. The number of carboxylic acid groups (broad SMARTS) is 1. The van der Waals surface area contributed by atoms with Crippen molar-refractivity contribution in [3.8, 4) is 5.75 Å². The van der Waals surface area contributed by atoms with E-state index in [1.165, 1.54) is 6.07 Å². The van der Waals surface area contributed by atoms with Crippen molar-refractivity contribution < 1.29 is 27.8 Å². The molecule has 2 rings (SSSR count). The van der Waals surface area contributed by atoms with Gasteiger partial charge in [-0.2, -0.15) is 13.2 Å². The summed E-state index contributed by atoms with van der Waals surface area (Å²) in [6, 6.07) is 6.55. The highest BCUT2D eigenvalue weighted by Crippen LogP contribution is 2.25. The highest BCUT2D eigenvalue weighted by molar-refractivity contribution is 5.70. The van der Waals surface area contributed by atoms with Gasteiger partial charge in [-0.05, 0) is 25.5 Å². The molecule has 1 aliphatic rings. The molecule has 1 aromatic carbocycles. The number of likely N-dealkylation sites (tertiary alicyclic amines) is 1. The van der Waals surface area contributed by atoms with Crippen LogP contribution in [0, 0.1) is 5.92 Å². The molecule has 0 saturated carbocycles. The van der Waals surface area contributed by atoms with E-state index in [2.05, 4.69) is 0 Å². The first kappa shape index (κ1) is 16.6. The van der Waals surface area contributed by atoms with Crippen LogP contribution in [-0.2, 0) is 11.3 Å². The summed E-state index contributed by atoms with van der Waals surface area (Å²) in [4.78, 5) is 13.0. The lowest BCUT2D eigenvalue weighted by Crippen LogP contribution is -2.38. The molecule has 1 aromatic rings. The molecule has 0 amide bonds. The lowest BCUT2D eigenvalue weighted by atomic mass is 9.98. The fourth-order valence-electron chi connectivity index (χ4n) is 2.58. The summed E-state index contributed by atoms with van der Waals surface area (Å²) in [5, 5.41) is 9.07. The number of halogens is 3. The van der Waals surface area contributed by atoms with E-state index >= 15 is 0 Å². The summed E-state index contributed by atoms with van der Waals surface area (Å²) in [5.41, 5.74) is 0.637. The molecule has 22 heavy (non-hydrogen) atoms. The van der Waals surface area contributed by atoms with Gasteiger partial charge in [0.15, 0.2) is 6.61 Å². The number of alkyl halides is 3. The number of aliphatic carboxylic acids is 1. The van der Waals surface area contributed by atoms with E-state index in [1.807, 2.05) is 4.90 Å². The molecule has 0 aliphatic carbocycles. The number of hydrogen-bond donors (Lipinski definition) is 1. The molecular weight excluding hydrogens is 299 g/mol. The van der Waals surface area contributed by atoms with Gasteiger partial charge in [0, 0.05) is 18.7 Å². The molecule has 1 saturated heterocycles. The number of carboxylic acids is 1. The first-order chi connectivity index (χ1) is 10.3. The maximum atomic E-state index is 12.3. The Labute approximate surface area is 126 Å². The molecule has 1 atom stereocenters. The van der Waals surface area contributed by atoms with Crippen molar-refractivity contribution in [2.75, 3.05) is 19.7 Å². The van der Waals surface area contributed by atoms with Crippen LogP contribution in [0.4, 0.5) is 13.2 Å². The predicted molar refractivity (Wildman–Crippen MR) is 73.6 cm³/mol. The second-order valence-electron chi connectivity index (χ2n) is 5.42. The van der Waals surface area contributed by atoms with Gasteiger partial charge < -0.3 is 9.84 Å². The maximum Gasteiger partial charge on any atom is 0.422 e. The molecule has 4 nitrogen and oxygen atoms in total. The van der Waals surface area contributed by atoms with Gasteiger partial charge in [0.1, 0.15) is 5.75 Å². The van der Waals surface area contributed by atoms with Crippen LogP contribution in [0.2, 0.25) is 0 Å². The summed E-state index contributed by atoms with van der Waals surface area (Å²) < 4.78 is 41.7. The SMILES string of the molecule is O=C(O)C1CCCN(Cc2ccccc2OCC(F)(F)F)C1. The van der Waals surface area contributed by atoms with Crippen LogP contribution >= 0.6 is 0 Å². The number of rotatable bonds is 5. The van der Waals surface area contributed by atoms with E-state index in [9.17, 15) is 18.0 Å². The molecule has 122 valence electrons. The Bertz CT molecular complexity index is 519. The lowest BCUT2D eigenvalue weighted by Gasteiger charge is -2.31. The van der Waals surface area contributed by atoms with E-state index < -0.39 is 24.7 Å². The Morgan fingerprint density at radius 1 is 1.36 bits per heavy atom. The van der Waals surface area contributed by atoms with Crippen LogP contribution in [0.15, 0.2) is 24.3 Å². The second-order valence-corrected chi connectivity index (χ2v) is 5.42. The normalized spacial score (nSPS) is 19.9. The number of para-hydroxylation sites is 1. The van der Waals surface area contributed by atoms with Gasteiger partial charge in [0.05, 0.1) is 5.92 Å². The molecule has 1 N–H and O–H groups in total. The molecule has 1 unspecified atom stereocenters. The minimum atomic E-state index is -4.38. The van der Waals surface area contributed by atoms with Crippen molar-refractivity contribution in [1.82, 2.24) is 4.90 Å². The molecule has 0 spiro atoms. The molecule has 1 aliphatic heterocycles. The van der Waals surface area contributed by atoms with Crippen LogP contribution in [0.25, 0.3) is 0 Å². The summed E-state index contributed by atoms with van der Waals surface area (Å²) in [6.07, 6.45) is -2.98. The third-order valence-corrected chi connectivity index (χ3v) is 3.61. The Kier molecular flexibility index (Phi) is 5.28. The van der Waals surface area contributed by atoms with Crippen molar-refractivity contribution in [3.05, 3.63) is 29.8 Å². The average molecular weight is 317 g/mol. The van der Waals surface area contributed by atoms with E-state index in [0.29, 0.717) is 25.1 Å². The Balaban J connectivity index is 2.01. The van der Waals surface area contributed by atoms with Crippen molar-refractivity contribution in [2.45, 2.75) is 25.6 Å². The smallest absolute Gasteiger partial charge is 0.422 e. The molecule has 0 aromatic heterocycles. The Hall–Kier alpha value is -1.76. The first-order valence-corrected chi connectivity index (χ1v) is 7.08. The second kappa shape index (κ2) is 7.00. The van der Waals surface area contributed by atoms with Gasteiger partial charge >= 0.3 is 12.1 Å². The van der Waals surface area contributed by atoms with Gasteiger partial charge in [-0.25, -0.2) is 0 Å². The average Bonchev–Trinajstić information content (AvgIpc) is 2.46. The van der Waals surface area contributed by atoms with Crippen LogP contribution in [0.1, 0.15) is 18.4 Å². The first-order valence-electron chi connectivity index (χ1n) is 7.08. The number of ether oxygens (including phenoxy) is 1. The fourth-order valence-corrected chi connectivity index (χ4v) is 2.58. The monoisotopic (exact) mass is 317 g/mol. The molecule has 1 fully saturated rings. The maximum absolute atomic E-state index is 12.3. The zero-order valence-corrected chi connectivity index (χ0v) is 12.0. The topological polar surface area (TPSA) is 49.8 Å². The largest absolute Gasteiger partial charge is 0.484 e. The van der Waals surface area contributed by atoms with Gasteiger partial charge in [0.25, 0.3) is 0 Å². The standard InChI is InChI=1S/C15H18F3NO3/c16-15(17,18)10-22-13-6-2-1-4-11(13)8-19-7-3-5-12(9-19)14(20)21/h1-2,4,6,12H,3,5,7-10H2,(H,20,21). The molecule has 0 radical (unpaired) electrons. The number of carbonyl (C=O) groups is 1. The van der Waals surface area contributed by atoms with Crippen molar-refractivity contribution >= 4 is 5.97 Å². The van der Waals surface area contributed by atoms with Crippen molar-refractivity contribution in [2.24, 2.45) is 5.92 Å². The van der Waals surface area contributed by atoms with Crippen LogP contribution < -0.4 is 4.74 Å². The molecule has 1 heterocycles. The number of nitrogens with zero attached hydrogens (tertiary/aromatic N) is 1. The van der Waals surface area contributed by atoms with Crippen LogP contribution in [0.3, 0.4) is 0 Å². The van der Waals surface area contributed by atoms with E-state index in [0.717, 1.165) is 13.0 Å². The number of benzene rings is 1. The van der Waals surface area contributed by atoms with Gasteiger partial charge in [-0.15, -0.1) is 0 Å². The molecule has 7 heteroatoms. The third-order valence-electron chi connectivity index (χ3n) is 3.61. The number of piperidine rings is 1. The highest BCUT2D eigenvalue weighted by Gasteiger charge is 2.29. The zero-order valence-electron chi connectivity index (χ0n) is 12.0. The van der Waals surface area contributed by atoms with E-state index in [-0.39, 0.29) is 5.75 Å². The summed E-state index contributed by atoms with van der Waals surface area (Å²) in [7, 11) is 0. The predicted octanol–water partition coefficient (Wildman–Crippen LogP) is 2.92. The van der Waals surface area contributed by atoms with Gasteiger partial charge in [0.2, 0.25) is 0 Å². The summed E-state index contributed by atoms with van der Waals surface area (Å²) >= 11 is 0. The Morgan fingerprint density at radius 3 is 2.77 bits per heavy atom. The zero-order chi connectivity index (χ0) is 16.2. The third kappa shape index (κ3) is 4.91. The Morgan fingerprint density at radius 2 is 2.09 bits per heavy atom. The van der Waals surface area contributed by atoms with Crippen molar-refractivity contribution in [1.29, 1.82) is 0 Å². The minimum absolute atomic E-state index is 0.192. The minimum Gasteiger partial charge on any atom is -0.484 e. The quantitative estimate of drug-likeness (QED) is 0.907. The summed E-state index contributed by atoms with van der Waals surface area (Å²) in [6.45, 7) is 0.194. The highest BCUT2D eigenvalue weighted by atomic mass is 19.4. The number of hydrogen-bond acceptors (Lipinski definition) is 3. The van der Waals surface area contributed by atoms with Gasteiger partial charge in [-0.1, -0.05) is 18.2 Å². The molecular formula is C15H18F3NO3. The van der Waals surface area contributed by atoms with Crippen LogP contribution in [-0.4, -0.2) is 41.8 Å². The van der Waals surface area contributed by atoms with Crippen LogP contribution in [0.5, 0.6) is 5.75 Å². The van der Waals surface area contributed by atoms with Crippen molar-refractivity contribution in [3.63, 3.8) is 0 Å². The van der Waals surface area contributed by atoms with E-state index in [4.69, 9.17) is 9.84 Å². The summed E-state index contributed by atoms with van der Waals surface area (Å²) in [5.74, 6) is -1.06.